The van der Waals surface area contributed by atoms with E-state index < -0.39 is 0 Å². The molecule has 0 unspecified atom stereocenters. The Morgan fingerprint density at radius 1 is 1.28 bits per heavy atom. The summed E-state index contributed by atoms with van der Waals surface area (Å²) in [4.78, 5) is 16.0. The largest absolute Gasteiger partial charge is 0.384 e. The van der Waals surface area contributed by atoms with Crippen molar-refractivity contribution in [3.63, 3.8) is 0 Å². The van der Waals surface area contributed by atoms with E-state index in [1.807, 2.05) is 13.0 Å². The van der Waals surface area contributed by atoms with Crippen LogP contribution in [0.15, 0.2) is 18.3 Å². The molecule has 0 aromatic carbocycles. The lowest BCUT2D eigenvalue weighted by atomic mass is 10.0. The number of aromatic nitrogens is 1. The monoisotopic (exact) mass is 249 g/mol. The number of anilines is 1. The molecule has 4 nitrogen and oxygen atoms in total. The molecule has 1 aromatic heterocycles. The van der Waals surface area contributed by atoms with Gasteiger partial charge in [0.05, 0.1) is 11.9 Å². The Morgan fingerprint density at radius 2 is 2.00 bits per heavy atom. The standard InChI is InChI=1S/C14H23N3O/c1-4-11(5-2)9-17-14(18)13-8-7-12(10-16-13)15-6-3/h7-8,10-11,15H,4-6,9H2,1-3H3,(H,17,18). The first-order chi connectivity index (χ1) is 8.71. The summed E-state index contributed by atoms with van der Waals surface area (Å²) in [6, 6.07) is 3.63. The fourth-order valence-electron chi connectivity index (χ4n) is 1.74. The molecule has 0 aliphatic carbocycles. The minimum Gasteiger partial charge on any atom is -0.384 e. The predicted octanol–water partition coefficient (Wildman–Crippen LogP) is 2.68. The topological polar surface area (TPSA) is 54.0 Å². The normalized spacial score (nSPS) is 10.4. The summed E-state index contributed by atoms with van der Waals surface area (Å²) < 4.78 is 0. The number of hydrogen-bond acceptors (Lipinski definition) is 3. The molecule has 2 N–H and O–H groups in total. The van der Waals surface area contributed by atoms with E-state index in [-0.39, 0.29) is 5.91 Å². The van der Waals surface area contributed by atoms with Gasteiger partial charge in [-0.2, -0.15) is 0 Å². The van der Waals surface area contributed by atoms with Crippen LogP contribution in [0, 0.1) is 5.92 Å². The number of amides is 1. The van der Waals surface area contributed by atoms with E-state index in [2.05, 4.69) is 29.5 Å². The highest BCUT2D eigenvalue weighted by molar-refractivity contribution is 5.92. The molecule has 0 aliphatic rings. The third kappa shape index (κ3) is 4.35. The Labute approximate surface area is 109 Å². The Balaban J connectivity index is 2.51. The zero-order valence-electron chi connectivity index (χ0n) is 11.5. The lowest BCUT2D eigenvalue weighted by molar-refractivity contribution is 0.0941. The van der Waals surface area contributed by atoms with E-state index >= 15 is 0 Å². The van der Waals surface area contributed by atoms with Gasteiger partial charge in [0, 0.05) is 13.1 Å². The smallest absolute Gasteiger partial charge is 0.269 e. The molecule has 1 amide bonds. The van der Waals surface area contributed by atoms with Crippen molar-refractivity contribution < 1.29 is 4.79 Å². The fraction of sp³-hybridized carbons (Fsp3) is 0.571. The summed E-state index contributed by atoms with van der Waals surface area (Å²) in [6.07, 6.45) is 3.86. The molecule has 0 radical (unpaired) electrons. The van der Waals surface area contributed by atoms with Crippen LogP contribution in [-0.4, -0.2) is 24.0 Å². The van der Waals surface area contributed by atoms with Crippen molar-refractivity contribution in [3.8, 4) is 0 Å². The van der Waals surface area contributed by atoms with Crippen LogP contribution in [0.4, 0.5) is 5.69 Å². The molecular weight excluding hydrogens is 226 g/mol. The predicted molar refractivity (Wildman–Crippen MR) is 74.8 cm³/mol. The Morgan fingerprint density at radius 3 is 2.50 bits per heavy atom. The molecule has 1 rings (SSSR count). The molecule has 18 heavy (non-hydrogen) atoms. The van der Waals surface area contributed by atoms with Crippen molar-refractivity contribution in [1.29, 1.82) is 0 Å². The minimum absolute atomic E-state index is 0.0926. The molecule has 0 bridgehead atoms. The van der Waals surface area contributed by atoms with Crippen LogP contribution in [0.3, 0.4) is 0 Å². The van der Waals surface area contributed by atoms with Crippen LogP contribution < -0.4 is 10.6 Å². The third-order valence-corrected chi connectivity index (χ3v) is 3.08. The molecule has 100 valence electrons. The van der Waals surface area contributed by atoms with Gasteiger partial charge < -0.3 is 10.6 Å². The highest BCUT2D eigenvalue weighted by atomic mass is 16.1. The fourth-order valence-corrected chi connectivity index (χ4v) is 1.74. The summed E-state index contributed by atoms with van der Waals surface area (Å²) in [5, 5.41) is 6.08. The highest BCUT2D eigenvalue weighted by Crippen LogP contribution is 2.07. The van der Waals surface area contributed by atoms with Gasteiger partial charge in [0.2, 0.25) is 0 Å². The van der Waals surface area contributed by atoms with E-state index in [0.717, 1.165) is 31.6 Å². The average molecular weight is 249 g/mol. The summed E-state index contributed by atoms with van der Waals surface area (Å²) in [5.74, 6) is 0.458. The van der Waals surface area contributed by atoms with Crippen LogP contribution in [0.2, 0.25) is 0 Å². The van der Waals surface area contributed by atoms with Gasteiger partial charge in [-0.1, -0.05) is 26.7 Å². The highest BCUT2D eigenvalue weighted by Gasteiger charge is 2.09. The number of nitrogens with zero attached hydrogens (tertiary/aromatic N) is 1. The second-order valence-corrected chi connectivity index (χ2v) is 4.35. The Hall–Kier alpha value is -1.58. The zero-order valence-corrected chi connectivity index (χ0v) is 11.5. The second-order valence-electron chi connectivity index (χ2n) is 4.35. The minimum atomic E-state index is -0.0926. The van der Waals surface area contributed by atoms with Gasteiger partial charge in [-0.25, -0.2) is 4.98 Å². The molecule has 1 aromatic rings. The molecule has 0 saturated carbocycles. The molecule has 0 atom stereocenters. The van der Waals surface area contributed by atoms with Crippen molar-refractivity contribution in [1.82, 2.24) is 10.3 Å². The van der Waals surface area contributed by atoms with Gasteiger partial charge in [-0.3, -0.25) is 4.79 Å². The summed E-state index contributed by atoms with van der Waals surface area (Å²) in [5.41, 5.74) is 1.41. The number of pyridine rings is 1. The molecule has 0 spiro atoms. The molecular formula is C14H23N3O. The summed E-state index contributed by atoms with van der Waals surface area (Å²) >= 11 is 0. The van der Waals surface area contributed by atoms with Crippen LogP contribution in [0.1, 0.15) is 44.1 Å². The molecule has 0 aliphatic heterocycles. The van der Waals surface area contributed by atoms with E-state index in [1.54, 1.807) is 12.3 Å². The Kier molecular flexibility index (Phi) is 6.19. The van der Waals surface area contributed by atoms with Gasteiger partial charge >= 0.3 is 0 Å². The first-order valence-corrected chi connectivity index (χ1v) is 6.69. The summed E-state index contributed by atoms with van der Waals surface area (Å²) in [7, 11) is 0. The van der Waals surface area contributed by atoms with Crippen molar-refractivity contribution in [3.05, 3.63) is 24.0 Å². The van der Waals surface area contributed by atoms with Gasteiger partial charge in [0.15, 0.2) is 0 Å². The first-order valence-electron chi connectivity index (χ1n) is 6.69. The lowest BCUT2D eigenvalue weighted by Crippen LogP contribution is -2.29. The van der Waals surface area contributed by atoms with Gasteiger partial charge in [0.25, 0.3) is 5.91 Å². The SMILES string of the molecule is CCNc1ccc(C(=O)NCC(CC)CC)nc1. The van der Waals surface area contributed by atoms with Crippen LogP contribution in [0.5, 0.6) is 0 Å². The van der Waals surface area contributed by atoms with Crippen LogP contribution in [-0.2, 0) is 0 Å². The number of carbonyl (C=O) groups is 1. The zero-order chi connectivity index (χ0) is 13.4. The van der Waals surface area contributed by atoms with Crippen molar-refractivity contribution >= 4 is 11.6 Å². The second kappa shape index (κ2) is 7.69. The number of hydrogen-bond donors (Lipinski definition) is 2. The van der Waals surface area contributed by atoms with Crippen LogP contribution >= 0.6 is 0 Å². The maximum absolute atomic E-state index is 11.9. The lowest BCUT2D eigenvalue weighted by Gasteiger charge is -2.13. The van der Waals surface area contributed by atoms with E-state index in [4.69, 9.17) is 0 Å². The number of nitrogens with one attached hydrogen (secondary N) is 2. The maximum atomic E-state index is 11.9. The average Bonchev–Trinajstić information content (AvgIpc) is 2.41. The van der Waals surface area contributed by atoms with E-state index in [0.29, 0.717) is 11.6 Å². The van der Waals surface area contributed by atoms with Crippen molar-refractivity contribution in [2.75, 3.05) is 18.4 Å². The van der Waals surface area contributed by atoms with Crippen molar-refractivity contribution in [2.24, 2.45) is 5.92 Å². The molecule has 0 saturated heterocycles. The number of rotatable bonds is 7. The van der Waals surface area contributed by atoms with Crippen molar-refractivity contribution in [2.45, 2.75) is 33.6 Å². The first kappa shape index (κ1) is 14.5. The summed E-state index contributed by atoms with van der Waals surface area (Å²) in [6.45, 7) is 7.88. The molecule has 4 heteroatoms. The van der Waals surface area contributed by atoms with Crippen LogP contribution in [0.25, 0.3) is 0 Å². The molecule has 1 heterocycles. The van der Waals surface area contributed by atoms with Gasteiger partial charge in [0.1, 0.15) is 5.69 Å². The quantitative estimate of drug-likeness (QED) is 0.781. The maximum Gasteiger partial charge on any atom is 0.269 e. The van der Waals surface area contributed by atoms with E-state index in [9.17, 15) is 4.79 Å². The molecule has 0 fully saturated rings. The Bertz CT molecular complexity index is 358. The van der Waals surface area contributed by atoms with Gasteiger partial charge in [-0.05, 0) is 25.0 Å². The van der Waals surface area contributed by atoms with E-state index in [1.165, 1.54) is 0 Å². The third-order valence-electron chi connectivity index (χ3n) is 3.08. The van der Waals surface area contributed by atoms with Gasteiger partial charge in [-0.15, -0.1) is 0 Å². The number of carbonyl (C=O) groups excluding carboxylic acids is 1.